The van der Waals surface area contributed by atoms with Crippen LogP contribution in [0.5, 0.6) is 0 Å². The number of anilines is 1. The van der Waals surface area contributed by atoms with Gasteiger partial charge in [-0.15, -0.1) is 0 Å². The van der Waals surface area contributed by atoms with E-state index < -0.39 is 24.5 Å². The molecule has 1 heterocycles. The summed E-state index contributed by atoms with van der Waals surface area (Å²) in [5, 5.41) is 11.2. The van der Waals surface area contributed by atoms with Gasteiger partial charge in [0.1, 0.15) is 12.4 Å². The molecule has 0 radical (unpaired) electrons. The molecule has 1 aromatic heterocycles. The molecule has 5 nitrogen and oxygen atoms in total. The zero-order valence-electron chi connectivity index (χ0n) is 9.70. The van der Waals surface area contributed by atoms with Gasteiger partial charge in [-0.2, -0.15) is 13.2 Å². The van der Waals surface area contributed by atoms with Gasteiger partial charge in [0.05, 0.1) is 5.52 Å². The van der Waals surface area contributed by atoms with E-state index >= 15 is 0 Å². The fourth-order valence-corrected chi connectivity index (χ4v) is 1.88. The number of benzene rings is 1. The van der Waals surface area contributed by atoms with Crippen LogP contribution in [0.15, 0.2) is 22.7 Å². The van der Waals surface area contributed by atoms with E-state index in [1.165, 1.54) is 18.2 Å². The first-order valence-corrected chi connectivity index (χ1v) is 6.07. The molecular weight excluding hydrogens is 343 g/mol. The molecule has 9 heteroatoms. The Balaban J connectivity index is 2.60. The molecular formula is C11H7BrF3N3O2. The second kappa shape index (κ2) is 5.23. The lowest BCUT2D eigenvalue weighted by Crippen LogP contribution is -2.17. The highest BCUT2D eigenvalue weighted by Crippen LogP contribution is 2.31. The van der Waals surface area contributed by atoms with Crippen molar-refractivity contribution in [1.29, 1.82) is 0 Å². The van der Waals surface area contributed by atoms with Crippen molar-refractivity contribution in [3.63, 3.8) is 0 Å². The molecule has 0 saturated carbocycles. The van der Waals surface area contributed by atoms with Crippen LogP contribution in [0.3, 0.4) is 0 Å². The Labute approximate surface area is 119 Å². The molecule has 0 aliphatic carbocycles. The first-order chi connectivity index (χ1) is 9.27. The van der Waals surface area contributed by atoms with Crippen molar-refractivity contribution in [3.05, 3.63) is 28.5 Å². The van der Waals surface area contributed by atoms with Gasteiger partial charge in [0.15, 0.2) is 0 Å². The largest absolute Gasteiger partial charge is 0.480 e. The van der Waals surface area contributed by atoms with Crippen LogP contribution in [-0.2, 0) is 11.0 Å². The summed E-state index contributed by atoms with van der Waals surface area (Å²) >= 11 is 3.18. The van der Waals surface area contributed by atoms with Crippen LogP contribution >= 0.6 is 15.9 Å². The summed E-state index contributed by atoms with van der Waals surface area (Å²) in [6.07, 6.45) is -4.71. The summed E-state index contributed by atoms with van der Waals surface area (Å²) in [7, 11) is 0. The minimum atomic E-state index is -4.71. The average Bonchev–Trinajstić information content (AvgIpc) is 2.34. The molecule has 2 aromatic rings. The number of halogens is 4. The number of nitrogens with zero attached hydrogens (tertiary/aromatic N) is 2. The molecule has 106 valence electrons. The van der Waals surface area contributed by atoms with Crippen LogP contribution in [0.2, 0.25) is 0 Å². The van der Waals surface area contributed by atoms with Crippen molar-refractivity contribution in [2.45, 2.75) is 6.18 Å². The molecule has 0 amide bonds. The average molecular weight is 350 g/mol. The van der Waals surface area contributed by atoms with Gasteiger partial charge in [0.25, 0.3) is 0 Å². The molecule has 0 spiro atoms. The number of rotatable bonds is 3. The Kier molecular flexibility index (Phi) is 3.80. The van der Waals surface area contributed by atoms with Crippen LogP contribution < -0.4 is 5.32 Å². The Morgan fingerprint density at radius 1 is 1.35 bits per heavy atom. The molecule has 20 heavy (non-hydrogen) atoms. The number of carboxylic acids is 1. The molecule has 0 aliphatic heterocycles. The number of carbonyl (C=O) groups is 1. The van der Waals surface area contributed by atoms with E-state index in [1.807, 2.05) is 0 Å². The van der Waals surface area contributed by atoms with Crippen LogP contribution in [-0.4, -0.2) is 27.6 Å². The minimum Gasteiger partial charge on any atom is -0.480 e. The van der Waals surface area contributed by atoms with Crippen molar-refractivity contribution in [1.82, 2.24) is 9.97 Å². The van der Waals surface area contributed by atoms with Crippen molar-refractivity contribution in [3.8, 4) is 0 Å². The van der Waals surface area contributed by atoms with E-state index in [2.05, 4.69) is 31.2 Å². The minimum absolute atomic E-state index is 0.0726. The molecule has 0 aliphatic rings. The van der Waals surface area contributed by atoms with E-state index in [1.54, 1.807) is 0 Å². The number of fused-ring (bicyclic) bond motifs is 1. The Hall–Kier alpha value is -1.90. The van der Waals surface area contributed by atoms with E-state index in [9.17, 15) is 18.0 Å². The number of hydrogen-bond acceptors (Lipinski definition) is 4. The van der Waals surface area contributed by atoms with Gasteiger partial charge in [0.2, 0.25) is 5.82 Å². The zero-order chi connectivity index (χ0) is 14.9. The second-order valence-corrected chi connectivity index (χ2v) is 4.72. The molecule has 2 rings (SSSR count). The smallest absolute Gasteiger partial charge is 0.451 e. The van der Waals surface area contributed by atoms with Crippen LogP contribution in [0.1, 0.15) is 5.82 Å². The lowest BCUT2D eigenvalue weighted by molar-refractivity contribution is -0.144. The number of hydrogen-bond donors (Lipinski definition) is 2. The van der Waals surface area contributed by atoms with Crippen molar-refractivity contribution in [2.75, 3.05) is 11.9 Å². The summed E-state index contributed by atoms with van der Waals surface area (Å²) in [4.78, 5) is 17.3. The van der Waals surface area contributed by atoms with E-state index in [4.69, 9.17) is 5.11 Å². The van der Waals surface area contributed by atoms with E-state index in [0.717, 1.165) is 0 Å². The quantitative estimate of drug-likeness (QED) is 0.890. The normalized spacial score (nSPS) is 11.6. The number of nitrogens with one attached hydrogen (secondary N) is 1. The van der Waals surface area contributed by atoms with Crippen LogP contribution in [0.4, 0.5) is 19.0 Å². The molecule has 2 N–H and O–H groups in total. The monoisotopic (exact) mass is 349 g/mol. The standard InChI is InChI=1S/C11H7BrF3N3O2/c12-5-1-2-7-6(3-5)9(16-4-8(19)20)18-10(17-7)11(13,14)15/h1-3H,4H2,(H,19,20)(H,16,17,18). The van der Waals surface area contributed by atoms with Gasteiger partial charge in [-0.3, -0.25) is 4.79 Å². The molecule has 1 aromatic carbocycles. The molecule has 0 fully saturated rings. The summed E-state index contributed by atoms with van der Waals surface area (Å²) in [6, 6.07) is 4.44. The highest BCUT2D eigenvalue weighted by Gasteiger charge is 2.35. The van der Waals surface area contributed by atoms with Gasteiger partial charge in [0, 0.05) is 9.86 Å². The topological polar surface area (TPSA) is 75.1 Å². The van der Waals surface area contributed by atoms with Crippen molar-refractivity contribution < 1.29 is 23.1 Å². The zero-order valence-corrected chi connectivity index (χ0v) is 11.3. The van der Waals surface area contributed by atoms with Gasteiger partial charge in [-0.25, -0.2) is 9.97 Å². The second-order valence-electron chi connectivity index (χ2n) is 3.80. The Bertz CT molecular complexity index is 676. The maximum absolute atomic E-state index is 12.7. The number of carboxylic acid groups (broad SMARTS) is 1. The van der Waals surface area contributed by atoms with E-state index in [0.29, 0.717) is 9.86 Å². The van der Waals surface area contributed by atoms with E-state index in [-0.39, 0.29) is 11.3 Å². The number of alkyl halides is 3. The summed E-state index contributed by atoms with van der Waals surface area (Å²) < 4.78 is 38.7. The maximum atomic E-state index is 12.7. The number of aromatic nitrogens is 2. The van der Waals surface area contributed by atoms with Crippen molar-refractivity contribution >= 4 is 38.6 Å². The highest BCUT2D eigenvalue weighted by molar-refractivity contribution is 9.10. The van der Waals surface area contributed by atoms with Gasteiger partial charge >= 0.3 is 12.1 Å². The summed E-state index contributed by atoms with van der Waals surface area (Å²) in [6.45, 7) is -0.546. The first kappa shape index (κ1) is 14.5. The third-order valence-electron chi connectivity index (χ3n) is 2.32. The van der Waals surface area contributed by atoms with Crippen LogP contribution in [0.25, 0.3) is 10.9 Å². The predicted octanol–water partition coefficient (Wildman–Crippen LogP) is 2.91. The van der Waals surface area contributed by atoms with Gasteiger partial charge < -0.3 is 10.4 Å². The predicted molar refractivity (Wildman–Crippen MR) is 68.4 cm³/mol. The number of aliphatic carboxylic acids is 1. The van der Waals surface area contributed by atoms with Gasteiger partial charge in [-0.1, -0.05) is 15.9 Å². The molecule has 0 atom stereocenters. The Morgan fingerprint density at radius 3 is 2.65 bits per heavy atom. The molecule has 0 saturated heterocycles. The summed E-state index contributed by atoms with van der Waals surface area (Å²) in [5.41, 5.74) is 0.0726. The fourth-order valence-electron chi connectivity index (χ4n) is 1.52. The fraction of sp³-hybridized carbons (Fsp3) is 0.182. The maximum Gasteiger partial charge on any atom is 0.451 e. The molecule has 0 bridgehead atoms. The highest BCUT2D eigenvalue weighted by atomic mass is 79.9. The third kappa shape index (κ3) is 3.16. The van der Waals surface area contributed by atoms with Crippen LogP contribution in [0, 0.1) is 0 Å². The third-order valence-corrected chi connectivity index (χ3v) is 2.81. The molecule has 0 unspecified atom stereocenters. The lowest BCUT2D eigenvalue weighted by Gasteiger charge is -2.11. The Morgan fingerprint density at radius 2 is 2.05 bits per heavy atom. The lowest BCUT2D eigenvalue weighted by atomic mass is 10.2. The summed E-state index contributed by atoms with van der Waals surface area (Å²) in [5.74, 6) is -2.70. The van der Waals surface area contributed by atoms with Gasteiger partial charge in [-0.05, 0) is 18.2 Å². The van der Waals surface area contributed by atoms with Crippen molar-refractivity contribution in [2.24, 2.45) is 0 Å². The SMILES string of the molecule is O=C(O)CNc1nc(C(F)(F)F)nc2ccc(Br)cc12. The first-order valence-electron chi connectivity index (χ1n) is 5.27.